The molecule has 0 aliphatic carbocycles. The second kappa shape index (κ2) is 5.05. The third-order valence-corrected chi connectivity index (χ3v) is 4.10. The summed E-state index contributed by atoms with van der Waals surface area (Å²) in [7, 11) is 0. The Morgan fingerprint density at radius 3 is 2.88 bits per heavy atom. The number of carbonyl (C=O) groups excluding carboxylic acids is 1. The van der Waals surface area contributed by atoms with E-state index < -0.39 is 12.0 Å². The van der Waals surface area contributed by atoms with Gasteiger partial charge in [-0.1, -0.05) is 0 Å². The van der Waals surface area contributed by atoms with Crippen molar-refractivity contribution in [3.63, 3.8) is 0 Å². The molecular weight excluding hydrogens is 228 g/mol. The second-order valence-electron chi connectivity index (χ2n) is 4.11. The first-order valence-electron chi connectivity index (χ1n) is 5.54. The quantitative estimate of drug-likeness (QED) is 0.702. The SMILES string of the molecule is O=C(O)[C@H]1CCCN1C(=O)C1CSCCN1. The van der Waals surface area contributed by atoms with Crippen LogP contribution in [0.3, 0.4) is 0 Å². The van der Waals surface area contributed by atoms with Gasteiger partial charge in [0.25, 0.3) is 0 Å². The Kier molecular flexibility index (Phi) is 3.70. The minimum absolute atomic E-state index is 0.0444. The first-order valence-corrected chi connectivity index (χ1v) is 6.70. The Hall–Kier alpha value is -0.750. The van der Waals surface area contributed by atoms with E-state index >= 15 is 0 Å². The van der Waals surface area contributed by atoms with Crippen LogP contribution in [0.4, 0.5) is 0 Å². The number of nitrogens with one attached hydrogen (secondary N) is 1. The number of amides is 1. The minimum atomic E-state index is -0.880. The number of thioether (sulfide) groups is 1. The number of likely N-dealkylation sites (tertiary alicyclic amines) is 1. The number of hydrogen-bond acceptors (Lipinski definition) is 4. The third-order valence-electron chi connectivity index (χ3n) is 3.04. The number of carboxylic acid groups (broad SMARTS) is 1. The second-order valence-corrected chi connectivity index (χ2v) is 5.26. The van der Waals surface area contributed by atoms with Gasteiger partial charge < -0.3 is 15.3 Å². The summed E-state index contributed by atoms with van der Waals surface area (Å²) in [5.41, 5.74) is 0. The number of carbonyl (C=O) groups is 2. The van der Waals surface area contributed by atoms with Gasteiger partial charge in [0.05, 0.1) is 6.04 Å². The third kappa shape index (κ3) is 2.32. The molecule has 0 aromatic rings. The molecule has 0 aromatic heterocycles. The zero-order valence-corrected chi connectivity index (χ0v) is 9.83. The lowest BCUT2D eigenvalue weighted by atomic mass is 10.2. The maximum absolute atomic E-state index is 12.1. The minimum Gasteiger partial charge on any atom is -0.480 e. The summed E-state index contributed by atoms with van der Waals surface area (Å²) < 4.78 is 0. The van der Waals surface area contributed by atoms with Crippen LogP contribution in [-0.2, 0) is 9.59 Å². The molecule has 2 aliphatic heterocycles. The van der Waals surface area contributed by atoms with Gasteiger partial charge >= 0.3 is 5.97 Å². The van der Waals surface area contributed by atoms with E-state index in [-0.39, 0.29) is 11.9 Å². The van der Waals surface area contributed by atoms with Crippen LogP contribution in [0.25, 0.3) is 0 Å². The Labute approximate surface area is 98.6 Å². The highest BCUT2D eigenvalue weighted by atomic mass is 32.2. The summed E-state index contributed by atoms with van der Waals surface area (Å²) in [6.45, 7) is 1.41. The van der Waals surface area contributed by atoms with Crippen LogP contribution >= 0.6 is 11.8 Å². The van der Waals surface area contributed by atoms with Crippen molar-refractivity contribution < 1.29 is 14.7 Å². The van der Waals surface area contributed by atoms with Gasteiger partial charge in [-0.15, -0.1) is 0 Å². The zero-order chi connectivity index (χ0) is 11.5. The molecule has 1 amide bonds. The molecule has 2 N–H and O–H groups in total. The van der Waals surface area contributed by atoms with Gasteiger partial charge in [-0.3, -0.25) is 4.79 Å². The monoisotopic (exact) mass is 244 g/mol. The van der Waals surface area contributed by atoms with E-state index in [0.717, 1.165) is 24.5 Å². The Bertz CT molecular complexity index is 292. The molecule has 6 heteroatoms. The summed E-state index contributed by atoms with van der Waals surface area (Å²) in [4.78, 5) is 24.6. The molecule has 0 spiro atoms. The van der Waals surface area contributed by atoms with Gasteiger partial charge in [0.1, 0.15) is 6.04 Å². The predicted octanol–water partition coefficient (Wildman–Crippen LogP) is -0.233. The summed E-state index contributed by atoms with van der Waals surface area (Å²) in [6.07, 6.45) is 1.38. The topological polar surface area (TPSA) is 69.6 Å². The number of hydrogen-bond donors (Lipinski definition) is 2. The van der Waals surface area contributed by atoms with E-state index in [1.54, 1.807) is 11.8 Å². The van der Waals surface area contributed by atoms with Gasteiger partial charge in [-0.25, -0.2) is 4.79 Å². The van der Waals surface area contributed by atoms with E-state index in [4.69, 9.17) is 5.11 Å². The van der Waals surface area contributed by atoms with E-state index in [1.165, 1.54) is 4.90 Å². The van der Waals surface area contributed by atoms with Crippen molar-refractivity contribution >= 4 is 23.6 Å². The van der Waals surface area contributed by atoms with Crippen molar-refractivity contribution in [3.05, 3.63) is 0 Å². The molecule has 90 valence electrons. The van der Waals surface area contributed by atoms with E-state index in [1.807, 2.05) is 0 Å². The molecule has 0 saturated carbocycles. The fraction of sp³-hybridized carbons (Fsp3) is 0.800. The number of aliphatic carboxylic acids is 1. The van der Waals surface area contributed by atoms with Gasteiger partial charge in [-0.05, 0) is 12.8 Å². The van der Waals surface area contributed by atoms with Gasteiger partial charge in [0.15, 0.2) is 0 Å². The smallest absolute Gasteiger partial charge is 0.326 e. The van der Waals surface area contributed by atoms with Crippen LogP contribution in [-0.4, -0.2) is 58.6 Å². The normalized spacial score (nSPS) is 30.4. The van der Waals surface area contributed by atoms with Crippen LogP contribution in [0.15, 0.2) is 0 Å². The maximum Gasteiger partial charge on any atom is 0.326 e. The summed E-state index contributed by atoms with van der Waals surface area (Å²) in [6, 6.07) is -0.806. The van der Waals surface area contributed by atoms with Crippen molar-refractivity contribution in [2.75, 3.05) is 24.6 Å². The molecular formula is C10H16N2O3S. The summed E-state index contributed by atoms with van der Waals surface area (Å²) in [5.74, 6) is 0.847. The summed E-state index contributed by atoms with van der Waals surface area (Å²) in [5, 5.41) is 12.2. The van der Waals surface area contributed by atoms with Gasteiger partial charge in [0.2, 0.25) is 5.91 Å². The highest BCUT2D eigenvalue weighted by Crippen LogP contribution is 2.20. The first kappa shape index (κ1) is 11.7. The molecule has 0 aromatic carbocycles. The molecule has 16 heavy (non-hydrogen) atoms. The van der Waals surface area contributed by atoms with Crippen LogP contribution in [0.5, 0.6) is 0 Å². The Balaban J connectivity index is 1.99. The van der Waals surface area contributed by atoms with Crippen LogP contribution in [0, 0.1) is 0 Å². The number of nitrogens with zero attached hydrogens (tertiary/aromatic N) is 1. The zero-order valence-electron chi connectivity index (χ0n) is 9.02. The molecule has 0 bridgehead atoms. The number of rotatable bonds is 2. The molecule has 2 atom stereocenters. The van der Waals surface area contributed by atoms with Gasteiger partial charge in [0, 0.05) is 24.6 Å². The highest BCUT2D eigenvalue weighted by molar-refractivity contribution is 7.99. The van der Waals surface area contributed by atoms with Crippen molar-refractivity contribution in [3.8, 4) is 0 Å². The lowest BCUT2D eigenvalue weighted by Gasteiger charge is -2.29. The average molecular weight is 244 g/mol. The van der Waals surface area contributed by atoms with E-state index in [9.17, 15) is 9.59 Å². The van der Waals surface area contributed by atoms with Crippen LogP contribution in [0.1, 0.15) is 12.8 Å². The molecule has 2 aliphatic rings. The maximum atomic E-state index is 12.1. The van der Waals surface area contributed by atoms with Crippen molar-refractivity contribution in [2.45, 2.75) is 24.9 Å². The lowest BCUT2D eigenvalue weighted by Crippen LogP contribution is -2.53. The molecule has 2 heterocycles. The van der Waals surface area contributed by atoms with Crippen LogP contribution in [0.2, 0.25) is 0 Å². The molecule has 2 saturated heterocycles. The number of carboxylic acids is 1. The predicted molar refractivity (Wildman–Crippen MR) is 61.5 cm³/mol. The lowest BCUT2D eigenvalue weighted by molar-refractivity contribution is -0.148. The van der Waals surface area contributed by atoms with Crippen LogP contribution < -0.4 is 5.32 Å². The molecule has 1 unspecified atom stereocenters. The standard InChI is InChI=1S/C10H16N2O3S/c13-9(7-6-16-5-3-11-7)12-4-1-2-8(12)10(14)15/h7-8,11H,1-6H2,(H,14,15)/t7?,8-/m1/s1. The Morgan fingerprint density at radius 2 is 2.25 bits per heavy atom. The molecule has 5 nitrogen and oxygen atoms in total. The van der Waals surface area contributed by atoms with Gasteiger partial charge in [-0.2, -0.15) is 11.8 Å². The molecule has 2 fully saturated rings. The van der Waals surface area contributed by atoms with Crippen molar-refractivity contribution in [2.24, 2.45) is 0 Å². The van der Waals surface area contributed by atoms with Crippen molar-refractivity contribution in [1.29, 1.82) is 0 Å². The fourth-order valence-corrected chi connectivity index (χ4v) is 3.14. The van der Waals surface area contributed by atoms with Crippen molar-refractivity contribution in [1.82, 2.24) is 10.2 Å². The van der Waals surface area contributed by atoms with E-state index in [2.05, 4.69) is 5.32 Å². The summed E-state index contributed by atoms with van der Waals surface area (Å²) >= 11 is 1.74. The molecule has 2 rings (SSSR count). The largest absolute Gasteiger partial charge is 0.480 e. The average Bonchev–Trinajstić information content (AvgIpc) is 2.78. The fourth-order valence-electron chi connectivity index (χ4n) is 2.21. The Morgan fingerprint density at radius 1 is 1.44 bits per heavy atom. The molecule has 0 radical (unpaired) electrons. The van der Waals surface area contributed by atoms with E-state index in [0.29, 0.717) is 13.0 Å². The highest BCUT2D eigenvalue weighted by Gasteiger charge is 2.37. The first-order chi connectivity index (χ1) is 7.70.